The smallest absolute Gasteiger partial charge is 0.432 e. The van der Waals surface area contributed by atoms with E-state index in [1.165, 1.54) is 4.90 Å². The van der Waals surface area contributed by atoms with E-state index < -0.39 is 23.8 Å². The lowest BCUT2D eigenvalue weighted by molar-refractivity contribution is -0.142. The third kappa shape index (κ3) is 3.21. The minimum Gasteiger partial charge on any atom is -0.481 e. The molecule has 1 fully saturated rings. The molecule has 2 heterocycles. The second-order valence-electron chi connectivity index (χ2n) is 5.91. The van der Waals surface area contributed by atoms with Crippen molar-refractivity contribution < 1.29 is 27.9 Å². The van der Waals surface area contributed by atoms with Crippen LogP contribution in [0.2, 0.25) is 0 Å². The molecule has 0 bridgehead atoms. The zero-order valence-electron chi connectivity index (χ0n) is 13.1. The zero-order chi connectivity index (χ0) is 18.4. The number of aryl methyl sites for hydroxylation is 1. The second-order valence-corrected chi connectivity index (χ2v) is 5.91. The Morgan fingerprint density at radius 2 is 2.08 bits per heavy atom. The van der Waals surface area contributed by atoms with Gasteiger partial charge in [-0.25, -0.2) is 0 Å². The van der Waals surface area contributed by atoms with E-state index in [9.17, 15) is 22.8 Å². The van der Waals surface area contributed by atoms with E-state index in [0.29, 0.717) is 16.8 Å². The van der Waals surface area contributed by atoms with Crippen molar-refractivity contribution in [2.45, 2.75) is 19.5 Å². The van der Waals surface area contributed by atoms with Crippen molar-refractivity contribution in [2.24, 2.45) is 5.92 Å². The summed E-state index contributed by atoms with van der Waals surface area (Å²) in [6.45, 7) is 1.77. The molecule has 1 atom stereocenters. The number of carboxylic acid groups (broad SMARTS) is 1. The predicted octanol–water partition coefficient (Wildman–Crippen LogP) is 2.84. The molecule has 0 radical (unpaired) electrons. The molecule has 2 aromatic rings. The Kier molecular flexibility index (Phi) is 4.02. The predicted molar refractivity (Wildman–Crippen MR) is 81.9 cm³/mol. The number of nitrogens with zero attached hydrogens (tertiary/aromatic N) is 2. The van der Waals surface area contributed by atoms with Crippen molar-refractivity contribution in [3.05, 3.63) is 35.5 Å². The number of halogens is 3. The lowest BCUT2D eigenvalue weighted by Gasteiger charge is -2.17. The number of carbonyl (C=O) groups is 2. The quantitative estimate of drug-likeness (QED) is 0.888. The molecule has 1 aliphatic heterocycles. The summed E-state index contributed by atoms with van der Waals surface area (Å²) in [6, 6.07) is 5.71. The second kappa shape index (κ2) is 5.91. The lowest BCUT2D eigenvalue weighted by atomic mass is 10.0. The number of amides is 1. The van der Waals surface area contributed by atoms with Crippen molar-refractivity contribution in [3.63, 3.8) is 0 Å². The van der Waals surface area contributed by atoms with Gasteiger partial charge >= 0.3 is 12.1 Å². The van der Waals surface area contributed by atoms with Crippen LogP contribution in [0.4, 0.5) is 18.9 Å². The molecule has 1 saturated heterocycles. The average molecular weight is 353 g/mol. The number of H-pyrrole nitrogens is 1. The van der Waals surface area contributed by atoms with Crippen LogP contribution in [-0.4, -0.2) is 33.7 Å². The molecule has 0 spiro atoms. The summed E-state index contributed by atoms with van der Waals surface area (Å²) in [7, 11) is 0. The standard InChI is InChI=1S/C16H14F3N3O3/c1-8-4-10(22-7-9(15(24)25)5-14(22)23)2-3-11(8)12-6-13(21-20-12)16(17,18)19/h2-4,6,9H,5,7H2,1H3,(H,20,21)(H,24,25). The Labute approximate surface area is 140 Å². The van der Waals surface area contributed by atoms with Crippen molar-refractivity contribution in [3.8, 4) is 11.3 Å². The van der Waals surface area contributed by atoms with Crippen LogP contribution in [0.25, 0.3) is 11.3 Å². The fourth-order valence-corrected chi connectivity index (χ4v) is 2.83. The number of alkyl halides is 3. The molecule has 0 saturated carbocycles. The van der Waals surface area contributed by atoms with E-state index in [4.69, 9.17) is 5.11 Å². The summed E-state index contributed by atoms with van der Waals surface area (Å²) in [5.74, 6) is -2.08. The SMILES string of the molecule is Cc1cc(N2CC(C(=O)O)CC2=O)ccc1-c1cc(C(F)(F)F)[nH]n1. The average Bonchev–Trinajstić information content (AvgIpc) is 3.13. The Morgan fingerprint density at radius 3 is 2.60 bits per heavy atom. The highest BCUT2D eigenvalue weighted by molar-refractivity contribution is 5.99. The molecule has 1 aromatic heterocycles. The minimum absolute atomic E-state index is 0.0650. The van der Waals surface area contributed by atoms with Crippen LogP contribution < -0.4 is 4.90 Å². The summed E-state index contributed by atoms with van der Waals surface area (Å²) < 4.78 is 38.0. The topological polar surface area (TPSA) is 86.3 Å². The monoisotopic (exact) mass is 353 g/mol. The highest BCUT2D eigenvalue weighted by atomic mass is 19.4. The first-order valence-electron chi connectivity index (χ1n) is 7.43. The number of benzene rings is 1. The molecule has 9 heteroatoms. The van der Waals surface area contributed by atoms with E-state index in [2.05, 4.69) is 5.10 Å². The summed E-state index contributed by atoms with van der Waals surface area (Å²) in [5.41, 5.74) is 0.848. The van der Waals surface area contributed by atoms with Crippen molar-refractivity contribution in [1.29, 1.82) is 0 Å². The first-order valence-corrected chi connectivity index (χ1v) is 7.43. The number of nitrogens with one attached hydrogen (secondary N) is 1. The Morgan fingerprint density at radius 1 is 1.36 bits per heavy atom. The number of aromatic nitrogens is 2. The lowest BCUT2D eigenvalue weighted by Crippen LogP contribution is -2.25. The van der Waals surface area contributed by atoms with E-state index >= 15 is 0 Å². The van der Waals surface area contributed by atoms with Crippen LogP contribution in [0.3, 0.4) is 0 Å². The third-order valence-electron chi connectivity index (χ3n) is 4.16. The molecule has 3 rings (SSSR count). The van der Waals surface area contributed by atoms with Gasteiger partial charge in [0.2, 0.25) is 5.91 Å². The normalized spacial score (nSPS) is 18.0. The largest absolute Gasteiger partial charge is 0.481 e. The maximum atomic E-state index is 12.7. The van der Waals surface area contributed by atoms with Gasteiger partial charge in [0, 0.05) is 24.2 Å². The molecule has 132 valence electrons. The number of aromatic amines is 1. The van der Waals surface area contributed by atoms with E-state index in [-0.39, 0.29) is 24.6 Å². The maximum absolute atomic E-state index is 12.7. The van der Waals surface area contributed by atoms with Gasteiger partial charge in [0.1, 0.15) is 5.69 Å². The van der Waals surface area contributed by atoms with Crippen LogP contribution in [-0.2, 0) is 15.8 Å². The van der Waals surface area contributed by atoms with Crippen LogP contribution >= 0.6 is 0 Å². The Hall–Kier alpha value is -2.84. The highest BCUT2D eigenvalue weighted by Gasteiger charge is 2.35. The number of hydrogen-bond donors (Lipinski definition) is 2. The molecule has 6 nitrogen and oxygen atoms in total. The number of carboxylic acids is 1. The van der Waals surface area contributed by atoms with Crippen LogP contribution in [0.15, 0.2) is 24.3 Å². The molecule has 2 N–H and O–H groups in total. The van der Waals surface area contributed by atoms with Crippen molar-refractivity contribution in [1.82, 2.24) is 10.2 Å². The van der Waals surface area contributed by atoms with E-state index in [1.807, 2.05) is 5.10 Å². The van der Waals surface area contributed by atoms with Crippen LogP contribution in [0.1, 0.15) is 17.7 Å². The number of hydrogen-bond acceptors (Lipinski definition) is 3. The van der Waals surface area contributed by atoms with Gasteiger partial charge in [0.05, 0.1) is 11.6 Å². The fraction of sp³-hybridized carbons (Fsp3) is 0.312. The Balaban J connectivity index is 1.88. The molecule has 1 aliphatic rings. The van der Waals surface area contributed by atoms with Gasteiger partial charge in [-0.15, -0.1) is 0 Å². The van der Waals surface area contributed by atoms with Gasteiger partial charge in [-0.05, 0) is 30.7 Å². The number of anilines is 1. The van der Waals surface area contributed by atoms with Gasteiger partial charge in [0.25, 0.3) is 0 Å². The molecular weight excluding hydrogens is 339 g/mol. The molecular formula is C16H14F3N3O3. The number of aliphatic carboxylic acids is 1. The van der Waals surface area contributed by atoms with Gasteiger partial charge < -0.3 is 10.0 Å². The van der Waals surface area contributed by atoms with Crippen LogP contribution in [0.5, 0.6) is 0 Å². The minimum atomic E-state index is -4.51. The first-order chi connectivity index (χ1) is 11.7. The van der Waals surface area contributed by atoms with E-state index in [1.54, 1.807) is 25.1 Å². The number of rotatable bonds is 3. The molecule has 0 aliphatic carbocycles. The first kappa shape index (κ1) is 17.0. The van der Waals surface area contributed by atoms with E-state index in [0.717, 1.165) is 6.07 Å². The molecule has 1 aromatic carbocycles. The third-order valence-corrected chi connectivity index (χ3v) is 4.16. The Bertz CT molecular complexity index is 845. The van der Waals surface area contributed by atoms with Gasteiger partial charge in [-0.2, -0.15) is 18.3 Å². The fourth-order valence-electron chi connectivity index (χ4n) is 2.83. The number of carbonyl (C=O) groups excluding carboxylic acids is 1. The molecule has 25 heavy (non-hydrogen) atoms. The maximum Gasteiger partial charge on any atom is 0.432 e. The van der Waals surface area contributed by atoms with Gasteiger partial charge in [-0.1, -0.05) is 6.07 Å². The summed E-state index contributed by atoms with van der Waals surface area (Å²) >= 11 is 0. The zero-order valence-corrected chi connectivity index (χ0v) is 13.1. The molecule has 1 unspecified atom stereocenters. The summed E-state index contributed by atoms with van der Waals surface area (Å²) in [5, 5.41) is 14.7. The summed E-state index contributed by atoms with van der Waals surface area (Å²) in [4.78, 5) is 24.4. The summed E-state index contributed by atoms with van der Waals surface area (Å²) in [6.07, 6.45) is -4.57. The van der Waals surface area contributed by atoms with Crippen LogP contribution in [0, 0.1) is 12.8 Å². The van der Waals surface area contributed by atoms with Crippen molar-refractivity contribution in [2.75, 3.05) is 11.4 Å². The highest BCUT2D eigenvalue weighted by Crippen LogP contribution is 2.33. The van der Waals surface area contributed by atoms with Gasteiger partial charge in [-0.3, -0.25) is 14.7 Å². The van der Waals surface area contributed by atoms with Crippen molar-refractivity contribution >= 4 is 17.6 Å². The van der Waals surface area contributed by atoms with Gasteiger partial charge in [0.15, 0.2) is 0 Å². The molecule has 1 amide bonds.